The van der Waals surface area contributed by atoms with E-state index in [0.717, 1.165) is 5.56 Å². The third kappa shape index (κ3) is 4.48. The van der Waals surface area contributed by atoms with E-state index >= 15 is 0 Å². The number of esters is 1. The third-order valence-corrected chi connectivity index (χ3v) is 4.58. The van der Waals surface area contributed by atoms with Crippen molar-refractivity contribution in [3.05, 3.63) is 29.6 Å². The summed E-state index contributed by atoms with van der Waals surface area (Å²) in [5, 5.41) is 7.72. The van der Waals surface area contributed by atoms with E-state index < -0.39 is 5.97 Å². The molecule has 0 aromatic carbocycles. The van der Waals surface area contributed by atoms with E-state index in [-0.39, 0.29) is 5.69 Å². The van der Waals surface area contributed by atoms with Gasteiger partial charge < -0.3 is 19.7 Å². The summed E-state index contributed by atoms with van der Waals surface area (Å²) in [7, 11) is 3.21. The van der Waals surface area contributed by atoms with Crippen molar-refractivity contribution < 1.29 is 14.3 Å². The number of carbonyl (C=O) groups excluding carboxylic acids is 1. The molecule has 0 radical (unpaired) electrons. The minimum Gasteiger partial charge on any atom is -0.464 e. The van der Waals surface area contributed by atoms with Crippen LogP contribution in [0.4, 0.5) is 17.6 Å². The maximum absolute atomic E-state index is 12.4. The molecule has 10 nitrogen and oxygen atoms in total. The topological polar surface area (TPSA) is 107 Å². The normalized spacial score (nSPS) is 11.0. The summed E-state index contributed by atoms with van der Waals surface area (Å²) in [5.74, 6) is 1.05. The lowest BCUT2D eigenvalue weighted by molar-refractivity contribution is 0.0594. The quantitative estimate of drug-likeness (QED) is 0.418. The molecule has 0 saturated heterocycles. The first kappa shape index (κ1) is 21.4. The van der Waals surface area contributed by atoms with Gasteiger partial charge in [-0.15, -0.1) is 0 Å². The molecule has 0 aliphatic heterocycles. The van der Waals surface area contributed by atoms with Crippen molar-refractivity contribution in [2.75, 3.05) is 44.1 Å². The Balaban J connectivity index is 2.21. The molecule has 10 heteroatoms. The monoisotopic (exact) mass is 413 g/mol. The van der Waals surface area contributed by atoms with Crippen LogP contribution in [-0.2, 0) is 16.0 Å². The number of nitrogens with one attached hydrogen (secondary N) is 1. The smallest absolute Gasteiger partial charge is 0.360 e. The molecule has 160 valence electrons. The molecular weight excluding hydrogens is 386 g/mol. The van der Waals surface area contributed by atoms with Gasteiger partial charge >= 0.3 is 5.97 Å². The molecular formula is C20H27N7O3. The third-order valence-electron chi connectivity index (χ3n) is 4.58. The molecule has 0 aliphatic carbocycles. The number of anilines is 3. The van der Waals surface area contributed by atoms with Crippen LogP contribution in [0.1, 0.15) is 29.9 Å². The molecule has 0 bridgehead atoms. The Kier molecular flexibility index (Phi) is 6.78. The number of fused-ring (bicyclic) bond motifs is 1. The molecule has 3 aromatic heterocycles. The zero-order valence-corrected chi connectivity index (χ0v) is 18.0. The molecule has 30 heavy (non-hydrogen) atoms. The van der Waals surface area contributed by atoms with Crippen LogP contribution in [-0.4, -0.2) is 64.6 Å². The van der Waals surface area contributed by atoms with Crippen molar-refractivity contribution in [3.63, 3.8) is 0 Å². The second-order valence-corrected chi connectivity index (χ2v) is 6.69. The standard InChI is InChI=1S/C20H27N7O3/c1-6-26(4)20-23-15-16(19(28)29-5)25-27(10-11-30-7-2)17(15)18(24-20)22-14-12-13(3)8-9-21-14/h8-9,12H,6-7,10-11H2,1-5H3,(H,21,22,23,24). The first-order valence-corrected chi connectivity index (χ1v) is 9.83. The van der Waals surface area contributed by atoms with E-state index in [4.69, 9.17) is 14.5 Å². The zero-order chi connectivity index (χ0) is 21.7. The Morgan fingerprint density at radius 2 is 2.10 bits per heavy atom. The molecule has 0 atom stereocenters. The van der Waals surface area contributed by atoms with Crippen molar-refractivity contribution in [1.82, 2.24) is 24.7 Å². The molecule has 0 fully saturated rings. The fourth-order valence-corrected chi connectivity index (χ4v) is 2.89. The summed E-state index contributed by atoms with van der Waals surface area (Å²) >= 11 is 0. The van der Waals surface area contributed by atoms with Gasteiger partial charge in [-0.25, -0.2) is 14.8 Å². The highest BCUT2D eigenvalue weighted by Crippen LogP contribution is 2.28. The van der Waals surface area contributed by atoms with Crippen molar-refractivity contribution in [2.24, 2.45) is 0 Å². The lowest BCUT2D eigenvalue weighted by Crippen LogP contribution is -2.19. The number of hydrogen-bond donors (Lipinski definition) is 1. The van der Waals surface area contributed by atoms with E-state index in [1.165, 1.54) is 7.11 Å². The van der Waals surface area contributed by atoms with E-state index in [0.29, 0.717) is 54.9 Å². The Morgan fingerprint density at radius 1 is 1.30 bits per heavy atom. The second-order valence-electron chi connectivity index (χ2n) is 6.69. The number of aromatic nitrogens is 5. The molecule has 0 amide bonds. The van der Waals surface area contributed by atoms with Gasteiger partial charge in [0.2, 0.25) is 5.95 Å². The van der Waals surface area contributed by atoms with Gasteiger partial charge in [0.15, 0.2) is 11.5 Å². The van der Waals surface area contributed by atoms with Crippen LogP contribution in [0.3, 0.4) is 0 Å². The van der Waals surface area contributed by atoms with Crippen molar-refractivity contribution in [2.45, 2.75) is 27.3 Å². The highest BCUT2D eigenvalue weighted by Gasteiger charge is 2.24. The van der Waals surface area contributed by atoms with Crippen LogP contribution in [0, 0.1) is 6.92 Å². The van der Waals surface area contributed by atoms with Gasteiger partial charge in [0.05, 0.1) is 20.3 Å². The van der Waals surface area contributed by atoms with Crippen molar-refractivity contribution in [3.8, 4) is 0 Å². The molecule has 3 rings (SSSR count). The molecule has 0 saturated carbocycles. The van der Waals surface area contributed by atoms with Gasteiger partial charge in [0, 0.05) is 26.4 Å². The van der Waals surface area contributed by atoms with E-state index in [2.05, 4.69) is 20.4 Å². The highest BCUT2D eigenvalue weighted by molar-refractivity contribution is 6.03. The Hall–Kier alpha value is -3.27. The number of methoxy groups -OCH3 is 1. The maximum Gasteiger partial charge on any atom is 0.360 e. The van der Waals surface area contributed by atoms with Gasteiger partial charge in [-0.2, -0.15) is 10.1 Å². The number of hydrogen-bond acceptors (Lipinski definition) is 9. The minimum absolute atomic E-state index is 0.136. The lowest BCUT2D eigenvalue weighted by Gasteiger charge is -2.17. The van der Waals surface area contributed by atoms with Crippen LogP contribution in [0.25, 0.3) is 11.0 Å². The van der Waals surface area contributed by atoms with Crippen LogP contribution in [0.2, 0.25) is 0 Å². The number of pyridine rings is 1. The molecule has 0 spiro atoms. The van der Waals surface area contributed by atoms with Gasteiger partial charge in [-0.1, -0.05) is 0 Å². The first-order chi connectivity index (χ1) is 14.5. The van der Waals surface area contributed by atoms with Crippen LogP contribution in [0.15, 0.2) is 18.3 Å². The van der Waals surface area contributed by atoms with Gasteiger partial charge in [0.1, 0.15) is 16.9 Å². The Labute approximate surface area is 175 Å². The SMILES string of the molecule is CCOCCn1nc(C(=O)OC)c2nc(N(C)CC)nc(Nc3cc(C)ccn3)c21. The van der Waals surface area contributed by atoms with Crippen molar-refractivity contribution in [1.29, 1.82) is 0 Å². The summed E-state index contributed by atoms with van der Waals surface area (Å²) in [6.07, 6.45) is 1.72. The summed E-state index contributed by atoms with van der Waals surface area (Å²) in [6, 6.07) is 3.83. The largest absolute Gasteiger partial charge is 0.464 e. The van der Waals surface area contributed by atoms with E-state index in [1.807, 2.05) is 44.9 Å². The van der Waals surface area contributed by atoms with E-state index in [9.17, 15) is 4.79 Å². The highest BCUT2D eigenvalue weighted by atomic mass is 16.5. The summed E-state index contributed by atoms with van der Waals surface area (Å²) < 4.78 is 12.1. The maximum atomic E-state index is 12.4. The Bertz CT molecular complexity index is 1030. The average Bonchev–Trinajstić information content (AvgIpc) is 3.11. The van der Waals surface area contributed by atoms with Gasteiger partial charge in [-0.05, 0) is 38.5 Å². The predicted molar refractivity (Wildman–Crippen MR) is 114 cm³/mol. The number of carbonyl (C=O) groups is 1. The van der Waals surface area contributed by atoms with E-state index in [1.54, 1.807) is 10.9 Å². The lowest BCUT2D eigenvalue weighted by atomic mass is 10.3. The predicted octanol–water partition coefficient (Wildman–Crippen LogP) is 2.55. The minimum atomic E-state index is -0.557. The number of rotatable bonds is 9. The average molecular weight is 413 g/mol. The van der Waals surface area contributed by atoms with Crippen LogP contribution >= 0.6 is 0 Å². The number of ether oxygens (including phenoxy) is 2. The number of aryl methyl sites for hydroxylation is 1. The van der Waals surface area contributed by atoms with Crippen LogP contribution < -0.4 is 10.2 Å². The summed E-state index contributed by atoms with van der Waals surface area (Å²) in [6.45, 7) is 8.06. The Morgan fingerprint density at radius 3 is 2.77 bits per heavy atom. The van der Waals surface area contributed by atoms with Crippen molar-refractivity contribution >= 4 is 34.6 Å². The summed E-state index contributed by atoms with van der Waals surface area (Å²) in [4.78, 5) is 28.0. The fraction of sp³-hybridized carbons (Fsp3) is 0.450. The molecule has 0 unspecified atom stereocenters. The molecule has 0 aliphatic rings. The molecule has 3 heterocycles. The molecule has 1 N–H and O–H groups in total. The zero-order valence-electron chi connectivity index (χ0n) is 18.0. The number of nitrogens with zero attached hydrogens (tertiary/aromatic N) is 6. The fourth-order valence-electron chi connectivity index (χ4n) is 2.89. The second kappa shape index (κ2) is 9.49. The van der Waals surface area contributed by atoms with Gasteiger partial charge in [-0.3, -0.25) is 4.68 Å². The first-order valence-electron chi connectivity index (χ1n) is 9.83. The van der Waals surface area contributed by atoms with Crippen LogP contribution in [0.5, 0.6) is 0 Å². The molecule has 3 aromatic rings. The van der Waals surface area contributed by atoms with Gasteiger partial charge in [0.25, 0.3) is 0 Å². The summed E-state index contributed by atoms with van der Waals surface area (Å²) in [5.41, 5.74) is 2.20.